The Morgan fingerprint density at radius 2 is 1.79 bits per heavy atom. The molecule has 7 nitrogen and oxygen atoms in total. The lowest BCUT2D eigenvalue weighted by Gasteiger charge is -2.39. The Morgan fingerprint density at radius 1 is 1.15 bits per heavy atom. The second-order valence-electron chi connectivity index (χ2n) is 10.2. The lowest BCUT2D eigenvalue weighted by molar-refractivity contribution is -0.129. The summed E-state index contributed by atoms with van der Waals surface area (Å²) in [5.74, 6) is -0.230. The van der Waals surface area contributed by atoms with Crippen molar-refractivity contribution in [1.29, 1.82) is 0 Å². The van der Waals surface area contributed by atoms with Crippen LogP contribution in [-0.4, -0.2) is 73.8 Å². The highest BCUT2D eigenvalue weighted by Gasteiger charge is 2.40. The van der Waals surface area contributed by atoms with Gasteiger partial charge in [-0.2, -0.15) is 0 Å². The Labute approximate surface area is 205 Å². The molecule has 1 aromatic rings. The quantitative estimate of drug-likeness (QED) is 0.484. The number of carbonyl (C=O) groups excluding carboxylic acids is 2. The van der Waals surface area contributed by atoms with Crippen LogP contribution in [0.4, 0.5) is 0 Å². The van der Waals surface area contributed by atoms with Gasteiger partial charge >= 0.3 is 0 Å². The predicted octanol–water partition coefficient (Wildman–Crippen LogP) is 3.20. The highest BCUT2D eigenvalue weighted by atomic mass is 32.2. The van der Waals surface area contributed by atoms with Gasteiger partial charge in [0.15, 0.2) is 9.84 Å². The molecule has 2 N–H and O–H groups in total. The molecule has 2 amide bonds. The second-order valence-corrected chi connectivity index (χ2v) is 12.4. The highest BCUT2D eigenvalue weighted by molar-refractivity contribution is 7.91. The Hall–Kier alpha value is -1.93. The number of rotatable bonds is 12. The molecule has 8 heteroatoms. The van der Waals surface area contributed by atoms with Crippen molar-refractivity contribution in [3.63, 3.8) is 0 Å². The van der Waals surface area contributed by atoms with Crippen molar-refractivity contribution in [2.24, 2.45) is 11.7 Å². The Kier molecular flexibility index (Phi) is 9.15. The number of nitrogens with zero attached hydrogens (tertiary/aromatic N) is 2. The van der Waals surface area contributed by atoms with Crippen LogP contribution in [0.3, 0.4) is 0 Å². The third-order valence-corrected chi connectivity index (χ3v) is 8.51. The van der Waals surface area contributed by atoms with Gasteiger partial charge in [0.05, 0.1) is 0 Å². The number of amides is 2. The van der Waals surface area contributed by atoms with Crippen molar-refractivity contribution in [3.05, 3.63) is 35.4 Å². The van der Waals surface area contributed by atoms with E-state index in [0.29, 0.717) is 42.6 Å². The number of nitrogens with two attached hydrogens (primary N) is 1. The van der Waals surface area contributed by atoms with E-state index < -0.39 is 15.6 Å². The van der Waals surface area contributed by atoms with Gasteiger partial charge in [-0.1, -0.05) is 38.8 Å². The Balaban J connectivity index is 1.59. The van der Waals surface area contributed by atoms with Crippen molar-refractivity contribution in [1.82, 2.24) is 9.80 Å². The van der Waals surface area contributed by atoms with E-state index in [4.69, 9.17) is 5.73 Å². The minimum atomic E-state index is -3.34. The fourth-order valence-corrected chi connectivity index (χ4v) is 6.42. The first kappa shape index (κ1) is 26.7. The molecule has 0 radical (unpaired) electrons. The molecule has 190 valence electrons. The molecule has 2 saturated heterocycles. The second kappa shape index (κ2) is 11.7. The van der Waals surface area contributed by atoms with Crippen LogP contribution < -0.4 is 5.73 Å². The van der Waals surface area contributed by atoms with Crippen LogP contribution >= 0.6 is 0 Å². The molecule has 0 aromatic heterocycles. The van der Waals surface area contributed by atoms with Crippen LogP contribution in [0.15, 0.2) is 24.3 Å². The summed E-state index contributed by atoms with van der Waals surface area (Å²) in [6.45, 7) is 6.40. The van der Waals surface area contributed by atoms with Gasteiger partial charge in [0.2, 0.25) is 11.8 Å². The summed E-state index contributed by atoms with van der Waals surface area (Å²) >= 11 is 0. The van der Waals surface area contributed by atoms with Crippen LogP contribution in [0.25, 0.3) is 0 Å². The average molecular weight is 492 g/mol. The molecule has 2 heterocycles. The number of hydrogen-bond acceptors (Lipinski definition) is 5. The van der Waals surface area contributed by atoms with Crippen LogP contribution in [0, 0.1) is 5.92 Å². The van der Waals surface area contributed by atoms with Gasteiger partial charge in [0.25, 0.3) is 0 Å². The third kappa shape index (κ3) is 7.04. The molecule has 0 unspecified atom stereocenters. The first-order valence-corrected chi connectivity index (χ1v) is 14.8. The van der Waals surface area contributed by atoms with Gasteiger partial charge in [0.1, 0.15) is 5.75 Å². The van der Waals surface area contributed by atoms with Gasteiger partial charge in [-0.3, -0.25) is 14.5 Å². The topological polar surface area (TPSA) is 101 Å². The normalized spacial score (nSPS) is 22.8. The number of fused-ring (bicyclic) bond motifs is 2. The fraction of sp³-hybridized carbons (Fsp3) is 0.692. The van der Waals surface area contributed by atoms with E-state index in [2.05, 4.69) is 24.8 Å². The number of benzene rings is 1. The van der Waals surface area contributed by atoms with Crippen LogP contribution in [0.5, 0.6) is 0 Å². The molecule has 2 fully saturated rings. The number of carbonyl (C=O) groups is 2. The minimum absolute atomic E-state index is 0.273. The molecule has 0 spiro atoms. The number of sulfone groups is 1. The third-order valence-electron chi connectivity index (χ3n) is 7.74. The zero-order chi connectivity index (χ0) is 24.9. The van der Waals surface area contributed by atoms with E-state index in [9.17, 15) is 18.0 Å². The van der Waals surface area contributed by atoms with E-state index in [1.807, 2.05) is 12.1 Å². The van der Waals surface area contributed by atoms with E-state index in [1.165, 1.54) is 18.4 Å². The van der Waals surface area contributed by atoms with Gasteiger partial charge in [0, 0.05) is 43.5 Å². The first-order chi connectivity index (χ1) is 16.1. The van der Waals surface area contributed by atoms with E-state index in [1.54, 1.807) is 11.0 Å². The molecule has 1 aromatic carbocycles. The molecule has 34 heavy (non-hydrogen) atoms. The molecular weight excluding hydrogens is 450 g/mol. The first-order valence-electron chi connectivity index (χ1n) is 12.7. The minimum Gasteiger partial charge on any atom is -0.366 e. The standard InChI is InChI=1S/C26H41N3O4S/c1-4-19(5-2)17-28(25(30)18-34(3,32)33)12-7-13-29-23-10-11-24(29)16-22(15-23)20-8-6-9-21(14-20)26(27)31/h6,8-9,14,19,22-24H,4-5,7,10-13,15-18H2,1-3H3,(H2,27,31)/t23-,24-/m1/s1. The molecule has 2 bridgehead atoms. The summed E-state index contributed by atoms with van der Waals surface area (Å²) in [4.78, 5) is 28.7. The van der Waals surface area contributed by atoms with Crippen LogP contribution in [-0.2, 0) is 14.6 Å². The lowest BCUT2D eigenvalue weighted by atomic mass is 9.84. The maximum atomic E-state index is 12.7. The fourth-order valence-electron chi connectivity index (χ4n) is 5.79. The molecular formula is C26H41N3O4S. The summed E-state index contributed by atoms with van der Waals surface area (Å²) < 4.78 is 23.4. The largest absolute Gasteiger partial charge is 0.366 e. The molecule has 3 rings (SSSR count). The summed E-state index contributed by atoms with van der Waals surface area (Å²) in [6, 6.07) is 8.78. The number of hydrogen-bond donors (Lipinski definition) is 1. The maximum Gasteiger partial charge on any atom is 0.248 e. The van der Waals surface area contributed by atoms with Crippen molar-refractivity contribution in [2.45, 2.75) is 76.8 Å². The van der Waals surface area contributed by atoms with Crippen molar-refractivity contribution in [3.8, 4) is 0 Å². The van der Waals surface area contributed by atoms with Gasteiger partial charge in [-0.05, 0) is 61.6 Å². The Bertz CT molecular complexity index is 947. The highest BCUT2D eigenvalue weighted by Crippen LogP contribution is 2.43. The van der Waals surface area contributed by atoms with Crippen molar-refractivity contribution in [2.75, 3.05) is 31.6 Å². The average Bonchev–Trinajstić information content (AvgIpc) is 3.01. The smallest absolute Gasteiger partial charge is 0.248 e. The van der Waals surface area contributed by atoms with Crippen LogP contribution in [0.2, 0.25) is 0 Å². The maximum absolute atomic E-state index is 12.7. The molecule has 0 aliphatic carbocycles. The van der Waals surface area contributed by atoms with E-state index in [0.717, 1.165) is 44.9 Å². The number of piperidine rings is 1. The summed E-state index contributed by atoms with van der Waals surface area (Å²) in [6.07, 6.45) is 8.45. The zero-order valence-electron chi connectivity index (χ0n) is 20.9. The van der Waals surface area contributed by atoms with Crippen molar-refractivity contribution >= 4 is 21.7 Å². The van der Waals surface area contributed by atoms with E-state index in [-0.39, 0.29) is 11.8 Å². The summed E-state index contributed by atoms with van der Waals surface area (Å²) in [5.41, 5.74) is 7.25. The molecule has 2 aliphatic rings. The van der Waals surface area contributed by atoms with Gasteiger partial charge in [-0.25, -0.2) is 8.42 Å². The van der Waals surface area contributed by atoms with E-state index >= 15 is 0 Å². The number of primary amides is 1. The molecule has 2 atom stereocenters. The monoisotopic (exact) mass is 491 g/mol. The van der Waals surface area contributed by atoms with Gasteiger partial charge in [-0.15, -0.1) is 0 Å². The molecule has 0 saturated carbocycles. The van der Waals surface area contributed by atoms with Crippen molar-refractivity contribution < 1.29 is 18.0 Å². The SMILES string of the molecule is CCC(CC)CN(CCCN1[C@@H]2CC[C@@H]1CC(c1cccc(C(N)=O)c1)C2)C(=O)CS(C)(=O)=O. The molecule has 2 aliphatic heterocycles. The summed E-state index contributed by atoms with van der Waals surface area (Å²) in [7, 11) is -3.34. The Morgan fingerprint density at radius 3 is 2.35 bits per heavy atom. The predicted molar refractivity (Wildman–Crippen MR) is 135 cm³/mol. The summed E-state index contributed by atoms with van der Waals surface area (Å²) in [5, 5.41) is 0. The van der Waals surface area contributed by atoms with Gasteiger partial charge < -0.3 is 10.6 Å². The zero-order valence-corrected chi connectivity index (χ0v) is 21.7. The van der Waals surface area contributed by atoms with Crippen LogP contribution in [0.1, 0.15) is 80.6 Å². The lowest BCUT2D eigenvalue weighted by Crippen LogP contribution is -2.44.